The summed E-state index contributed by atoms with van der Waals surface area (Å²) in [5.41, 5.74) is 1.81. The van der Waals surface area contributed by atoms with Crippen molar-refractivity contribution >= 4 is 31.5 Å². The van der Waals surface area contributed by atoms with Gasteiger partial charge in [0, 0.05) is 45.7 Å². The molecule has 0 aliphatic heterocycles. The summed E-state index contributed by atoms with van der Waals surface area (Å²) in [5.74, 6) is -0.951. The van der Waals surface area contributed by atoms with Crippen molar-refractivity contribution < 1.29 is 4.11 Å². The monoisotopic (exact) mass is 307 g/mol. The normalized spacial score (nSPS) is 14.0. The number of rotatable bonds is 2. The summed E-state index contributed by atoms with van der Waals surface area (Å²) in [7, 11) is 0. The number of hydrogen-bond acceptors (Lipinski definition) is 3. The van der Waals surface area contributed by atoms with Crippen LogP contribution in [0.15, 0.2) is 54.9 Å². The summed E-state index contributed by atoms with van der Waals surface area (Å²) < 4.78 is 27.0. The van der Waals surface area contributed by atoms with Crippen molar-refractivity contribution in [3.63, 3.8) is 0 Å². The van der Waals surface area contributed by atoms with E-state index >= 15 is 0 Å². The molecule has 3 aromatic heterocycles. The fraction of sp³-hybridized carbons (Fsp3) is 0.158. The van der Waals surface area contributed by atoms with Crippen molar-refractivity contribution in [2.75, 3.05) is 0 Å². The fourth-order valence-corrected chi connectivity index (χ4v) is 3.72. The Morgan fingerprint density at radius 1 is 1.14 bits per heavy atom. The zero-order valence-corrected chi connectivity index (χ0v) is 13.2. The molecule has 0 N–H and O–H groups in total. The molecule has 22 heavy (non-hydrogen) atoms. The lowest BCUT2D eigenvalue weighted by molar-refractivity contribution is 0.859. The summed E-state index contributed by atoms with van der Waals surface area (Å²) in [6.07, 6.45) is 5.20. The van der Waals surface area contributed by atoms with Crippen molar-refractivity contribution in [3.05, 3.63) is 60.5 Å². The number of thiophene rings is 1. The second kappa shape index (κ2) is 5.18. The van der Waals surface area contributed by atoms with Crippen LogP contribution in [0.1, 0.15) is 29.4 Å². The van der Waals surface area contributed by atoms with Gasteiger partial charge in [-0.05, 0) is 23.6 Å². The van der Waals surface area contributed by atoms with Gasteiger partial charge in [-0.25, -0.2) is 0 Å². The summed E-state index contributed by atoms with van der Waals surface area (Å²) in [6, 6.07) is 8.07. The first kappa shape index (κ1) is 10.5. The third kappa shape index (κ3) is 2.09. The minimum atomic E-state index is -0.951. The molecular formula is C19H16N2S. The minimum absolute atomic E-state index is 0.0703. The Morgan fingerprint density at radius 3 is 2.91 bits per heavy atom. The summed E-state index contributed by atoms with van der Waals surface area (Å²) in [6.45, 7) is 3.42. The molecule has 0 aliphatic carbocycles. The number of aromatic nitrogens is 2. The first-order valence-corrected chi connectivity index (χ1v) is 7.92. The largest absolute Gasteiger partial charge is 0.264 e. The Kier molecular flexibility index (Phi) is 2.46. The predicted molar refractivity (Wildman–Crippen MR) is 94.4 cm³/mol. The molecule has 108 valence electrons. The van der Waals surface area contributed by atoms with E-state index in [4.69, 9.17) is 4.11 Å². The molecule has 0 unspecified atom stereocenters. The lowest BCUT2D eigenvalue weighted by Gasteiger charge is -2.07. The van der Waals surface area contributed by atoms with Crippen LogP contribution >= 0.6 is 11.3 Å². The maximum Gasteiger partial charge on any atom is 0.0716 e. The molecule has 1 aromatic carbocycles. The van der Waals surface area contributed by atoms with Gasteiger partial charge in [-0.1, -0.05) is 38.1 Å². The molecule has 0 fully saturated rings. The van der Waals surface area contributed by atoms with Gasteiger partial charge in [-0.15, -0.1) is 11.3 Å². The zero-order valence-electron chi connectivity index (χ0n) is 15.3. The number of benzene rings is 1. The lowest BCUT2D eigenvalue weighted by atomic mass is 10.0. The topological polar surface area (TPSA) is 25.8 Å². The first-order chi connectivity index (χ1) is 11.9. The number of nitrogens with zero attached hydrogens (tertiary/aromatic N) is 2. The van der Waals surface area contributed by atoms with Crippen molar-refractivity contribution in [1.29, 1.82) is 0 Å². The lowest BCUT2D eigenvalue weighted by Crippen LogP contribution is -1.90. The molecule has 0 amide bonds. The van der Waals surface area contributed by atoms with Crippen molar-refractivity contribution in [2.45, 2.75) is 19.7 Å². The molecule has 2 nitrogen and oxygen atoms in total. The van der Waals surface area contributed by atoms with Crippen LogP contribution in [-0.4, -0.2) is 9.97 Å². The minimum Gasteiger partial charge on any atom is -0.264 e. The van der Waals surface area contributed by atoms with Crippen molar-refractivity contribution in [1.82, 2.24) is 9.97 Å². The highest BCUT2D eigenvalue weighted by atomic mass is 32.1. The molecule has 0 spiro atoms. The van der Waals surface area contributed by atoms with E-state index in [1.807, 2.05) is 30.5 Å². The molecular weight excluding hydrogens is 288 g/mol. The SMILES string of the molecule is [2H]c1c(C([2H])(C)C)cnc(-c2cccc3c2sc2ccncc23)c1[2H]. The molecule has 0 atom stereocenters. The average Bonchev–Trinajstić information content (AvgIpc) is 2.95. The van der Waals surface area contributed by atoms with Gasteiger partial charge in [0.25, 0.3) is 0 Å². The molecule has 3 heterocycles. The Balaban J connectivity index is 2.01. The van der Waals surface area contributed by atoms with E-state index in [-0.39, 0.29) is 12.1 Å². The van der Waals surface area contributed by atoms with Gasteiger partial charge in [0.15, 0.2) is 0 Å². The van der Waals surface area contributed by atoms with Gasteiger partial charge < -0.3 is 0 Å². The molecule has 0 aliphatic rings. The molecule has 3 heteroatoms. The Hall–Kier alpha value is -2.26. The summed E-state index contributed by atoms with van der Waals surface area (Å²) in [4.78, 5) is 8.67. The number of fused-ring (bicyclic) bond motifs is 3. The molecule has 4 rings (SSSR count). The van der Waals surface area contributed by atoms with Crippen LogP contribution in [0.2, 0.25) is 0 Å². The van der Waals surface area contributed by atoms with E-state index in [2.05, 4.69) is 9.97 Å². The summed E-state index contributed by atoms with van der Waals surface area (Å²) in [5, 5.41) is 2.18. The predicted octanol–water partition coefficient (Wildman–Crippen LogP) is 5.63. The molecule has 0 saturated carbocycles. The fourth-order valence-electron chi connectivity index (χ4n) is 2.54. The first-order valence-electron chi connectivity index (χ1n) is 8.60. The van der Waals surface area contributed by atoms with E-state index in [1.54, 1.807) is 37.6 Å². The van der Waals surface area contributed by atoms with Gasteiger partial charge in [-0.2, -0.15) is 0 Å². The van der Waals surface area contributed by atoms with E-state index in [1.165, 1.54) is 0 Å². The third-order valence-electron chi connectivity index (χ3n) is 3.73. The third-order valence-corrected chi connectivity index (χ3v) is 4.95. The molecule has 4 aromatic rings. The zero-order chi connectivity index (χ0) is 17.8. The van der Waals surface area contributed by atoms with Crippen LogP contribution in [0.4, 0.5) is 0 Å². The van der Waals surface area contributed by atoms with Crippen LogP contribution in [0.5, 0.6) is 0 Å². The van der Waals surface area contributed by atoms with E-state index in [9.17, 15) is 0 Å². The van der Waals surface area contributed by atoms with E-state index < -0.39 is 5.89 Å². The maximum atomic E-state index is 8.42. The standard InChI is InChI=1S/C19H16N2S/c1-12(2)13-6-7-17(21-10-13)15-5-3-4-14-16-11-20-9-8-18(16)22-19(14)15/h3-12H,1-2H3/i6D,7D,12D. The Morgan fingerprint density at radius 2 is 2.05 bits per heavy atom. The molecule has 0 saturated heterocycles. The van der Waals surface area contributed by atoms with Gasteiger partial charge in [0.1, 0.15) is 0 Å². The van der Waals surface area contributed by atoms with Gasteiger partial charge in [0.05, 0.1) is 8.44 Å². The Bertz CT molecular complexity index is 1110. The van der Waals surface area contributed by atoms with Crippen LogP contribution in [-0.2, 0) is 0 Å². The van der Waals surface area contributed by atoms with Crippen LogP contribution in [0, 0.1) is 0 Å². The second-order valence-electron chi connectivity index (χ2n) is 5.43. The van der Waals surface area contributed by atoms with E-state index in [0.29, 0.717) is 11.3 Å². The average molecular weight is 307 g/mol. The van der Waals surface area contributed by atoms with Crippen LogP contribution in [0.3, 0.4) is 0 Å². The quantitative estimate of drug-likeness (QED) is 0.479. The van der Waals surface area contributed by atoms with Crippen LogP contribution < -0.4 is 0 Å². The van der Waals surface area contributed by atoms with Gasteiger partial charge in [-0.3, -0.25) is 9.97 Å². The van der Waals surface area contributed by atoms with Crippen molar-refractivity contribution in [3.8, 4) is 11.3 Å². The maximum absolute atomic E-state index is 8.42. The number of pyridine rings is 2. The smallest absolute Gasteiger partial charge is 0.0716 e. The molecule has 0 radical (unpaired) electrons. The van der Waals surface area contributed by atoms with Gasteiger partial charge >= 0.3 is 0 Å². The van der Waals surface area contributed by atoms with Crippen molar-refractivity contribution in [2.24, 2.45) is 0 Å². The highest BCUT2D eigenvalue weighted by molar-refractivity contribution is 7.26. The summed E-state index contributed by atoms with van der Waals surface area (Å²) >= 11 is 1.65. The highest BCUT2D eigenvalue weighted by Gasteiger charge is 2.11. The van der Waals surface area contributed by atoms with Crippen LogP contribution in [0.25, 0.3) is 31.4 Å². The Labute approximate surface area is 137 Å². The van der Waals surface area contributed by atoms with E-state index in [0.717, 1.165) is 25.7 Å². The number of hydrogen-bond donors (Lipinski definition) is 0. The highest BCUT2D eigenvalue weighted by Crippen LogP contribution is 2.38. The molecule has 0 bridgehead atoms. The second-order valence-corrected chi connectivity index (χ2v) is 6.48. The van der Waals surface area contributed by atoms with Gasteiger partial charge in [0.2, 0.25) is 0 Å².